The summed E-state index contributed by atoms with van der Waals surface area (Å²) in [5, 5.41) is -9.13. The summed E-state index contributed by atoms with van der Waals surface area (Å²) >= 11 is 0. The average Bonchev–Trinajstić information content (AvgIpc) is 3.20. The molecular formula is C34H43F14N3O15S2-2. The summed E-state index contributed by atoms with van der Waals surface area (Å²) in [6.07, 6.45) is -18.9. The van der Waals surface area contributed by atoms with Crippen molar-refractivity contribution in [2.75, 3.05) is 65.7 Å². The first kappa shape index (κ1) is 62.1. The van der Waals surface area contributed by atoms with Crippen LogP contribution in [0.15, 0.2) is 24.3 Å². The van der Waals surface area contributed by atoms with Gasteiger partial charge in [-0.25, -0.2) is 26.4 Å². The second kappa shape index (κ2) is 23.3. The molecule has 2 heterocycles. The Balaban J connectivity index is 0.000000680. The number of nitrogens with zero attached hydrogens (tertiary/aromatic N) is 2. The first-order chi connectivity index (χ1) is 30.6. The standard InChI is InChI=1S/C17H23F7N2O7S.C17H22F7NO8S/c1-11(2)12(27)33-15(16(20,21)22,13(28)26-8-6-25-7-9-26)32-10-4-3-5-14(18,19)17(23,24)34(29,30)31;1-11(2)12(26)33-15(16(20,21)22,13(27)25-6-9-31-10-7-25)32-8-4-3-5-14(18,19)17(23,24)34(28,29)30/h25H,1,3-10H2,2H3,(H,29,30,31);1,3-10H2,2H3,(H,28,29,30)/p-2. The number of morpholine rings is 1. The van der Waals surface area contributed by atoms with E-state index in [0.29, 0.717) is 9.80 Å². The van der Waals surface area contributed by atoms with Crippen LogP contribution >= 0.6 is 0 Å². The Morgan fingerprint density at radius 3 is 1.16 bits per heavy atom. The molecular weight excluding hydrogens is 1020 g/mol. The van der Waals surface area contributed by atoms with Gasteiger partial charge in [-0.3, -0.25) is 9.59 Å². The Kier molecular flexibility index (Phi) is 21.3. The normalized spacial score (nSPS) is 17.7. The number of unbranched alkanes of at least 4 members (excludes halogenated alkanes) is 2. The molecule has 0 aliphatic carbocycles. The van der Waals surface area contributed by atoms with E-state index < -0.39 is 153 Å². The van der Waals surface area contributed by atoms with E-state index in [1.54, 1.807) is 0 Å². The van der Waals surface area contributed by atoms with Crippen molar-refractivity contribution in [2.45, 2.75) is 98.7 Å². The molecule has 68 heavy (non-hydrogen) atoms. The van der Waals surface area contributed by atoms with Crippen molar-refractivity contribution in [3.05, 3.63) is 24.3 Å². The fourth-order valence-corrected chi connectivity index (χ4v) is 6.20. The second-order valence-electron chi connectivity index (χ2n) is 14.5. The van der Waals surface area contributed by atoms with Gasteiger partial charge in [0.2, 0.25) is 0 Å². The van der Waals surface area contributed by atoms with Crippen molar-refractivity contribution in [2.24, 2.45) is 0 Å². The maximum atomic E-state index is 14.0. The molecule has 0 aromatic rings. The number of carbonyl (C=O) groups is 4. The molecule has 0 saturated carbocycles. The molecule has 2 amide bonds. The largest absolute Gasteiger partial charge is 0.743 e. The van der Waals surface area contributed by atoms with Gasteiger partial charge in [0, 0.05) is 63.3 Å². The van der Waals surface area contributed by atoms with Gasteiger partial charge >= 0.3 is 70.0 Å². The predicted molar refractivity (Wildman–Crippen MR) is 195 cm³/mol. The summed E-state index contributed by atoms with van der Waals surface area (Å²) in [4.78, 5) is 50.5. The highest BCUT2D eigenvalue weighted by Gasteiger charge is 2.69. The van der Waals surface area contributed by atoms with E-state index in [2.05, 4.69) is 37.4 Å². The molecule has 2 fully saturated rings. The molecule has 2 saturated heterocycles. The highest BCUT2D eigenvalue weighted by atomic mass is 32.2. The van der Waals surface area contributed by atoms with Crippen LogP contribution in [0.2, 0.25) is 0 Å². The lowest BCUT2D eigenvalue weighted by Crippen LogP contribution is -2.64. The molecule has 0 aromatic carbocycles. The molecule has 0 aromatic heterocycles. The van der Waals surface area contributed by atoms with Gasteiger partial charge in [-0.1, -0.05) is 13.2 Å². The number of nitrogens with one attached hydrogen (secondary N) is 1. The Morgan fingerprint density at radius 2 is 0.882 bits per heavy atom. The molecule has 2 rings (SSSR count). The first-order valence-electron chi connectivity index (χ1n) is 19.1. The number of rotatable bonds is 22. The number of carbonyl (C=O) groups excluding carboxylic acids is 4. The fourth-order valence-electron chi connectivity index (χ4n) is 5.26. The number of hydrogen-bond acceptors (Lipinski definition) is 16. The molecule has 0 radical (unpaired) electrons. The van der Waals surface area contributed by atoms with Gasteiger partial charge in [0.05, 0.1) is 26.4 Å². The summed E-state index contributed by atoms with van der Waals surface area (Å²) < 4.78 is 275. The highest BCUT2D eigenvalue weighted by molar-refractivity contribution is 7.87. The summed E-state index contributed by atoms with van der Waals surface area (Å²) in [5.41, 5.74) is -1.06. The van der Waals surface area contributed by atoms with Gasteiger partial charge in [-0.2, -0.15) is 61.5 Å². The summed E-state index contributed by atoms with van der Waals surface area (Å²) in [5.74, 6) is -26.0. The molecule has 2 atom stereocenters. The number of amides is 2. The predicted octanol–water partition coefficient (Wildman–Crippen LogP) is 3.94. The fraction of sp³-hybridized carbons (Fsp3) is 0.765. The van der Waals surface area contributed by atoms with Gasteiger partial charge in [0.15, 0.2) is 20.2 Å². The maximum Gasteiger partial charge on any atom is 0.466 e. The molecule has 2 unspecified atom stereocenters. The zero-order chi connectivity index (χ0) is 53.2. The van der Waals surface area contributed by atoms with Crippen LogP contribution in [-0.4, -0.2) is 171 Å². The number of alkyl halides is 14. The summed E-state index contributed by atoms with van der Waals surface area (Å²) in [6, 6.07) is 0. The molecule has 0 bridgehead atoms. The Morgan fingerprint density at radius 1 is 0.574 bits per heavy atom. The Labute approximate surface area is 377 Å². The third-order valence-corrected chi connectivity index (χ3v) is 10.9. The molecule has 34 heteroatoms. The maximum absolute atomic E-state index is 14.0. The molecule has 396 valence electrons. The first-order valence-corrected chi connectivity index (χ1v) is 21.9. The van der Waals surface area contributed by atoms with Crippen LogP contribution in [0.25, 0.3) is 0 Å². The van der Waals surface area contributed by atoms with E-state index in [1.165, 1.54) is 0 Å². The highest BCUT2D eigenvalue weighted by Crippen LogP contribution is 2.44. The van der Waals surface area contributed by atoms with E-state index in [-0.39, 0.29) is 52.5 Å². The average molecular weight is 1060 g/mol. The van der Waals surface area contributed by atoms with E-state index in [0.717, 1.165) is 13.8 Å². The number of esters is 2. The Hall–Kier alpha value is -3.96. The minimum atomic E-state index is -6.73. The van der Waals surface area contributed by atoms with Gasteiger partial charge in [0.25, 0.3) is 0 Å². The SMILES string of the molecule is C=C(C)C(=O)OC(OCCCCC(F)(F)C(F)(F)S(=O)(=O)[O-])(C(=O)N1CCNCC1)C(F)(F)F.C=C(C)C(=O)OC(OCCCCC(F)(F)C(F)(F)S(=O)(=O)[O-])(C(=O)N1CCOCC1)C(F)(F)F. The zero-order valence-corrected chi connectivity index (χ0v) is 37.0. The van der Waals surface area contributed by atoms with Gasteiger partial charge in [-0.15, -0.1) is 0 Å². The number of halogens is 14. The van der Waals surface area contributed by atoms with Crippen LogP contribution in [0, 0.1) is 0 Å². The van der Waals surface area contributed by atoms with Gasteiger partial charge in [-0.05, 0) is 39.5 Å². The summed E-state index contributed by atoms with van der Waals surface area (Å²) in [6.45, 7) is 4.67. The lowest BCUT2D eigenvalue weighted by Gasteiger charge is -2.38. The smallest absolute Gasteiger partial charge is 0.466 e. The van der Waals surface area contributed by atoms with Crippen molar-refractivity contribution in [3.63, 3.8) is 0 Å². The number of hydrogen-bond donors (Lipinski definition) is 1. The molecule has 2 aliphatic rings. The molecule has 0 spiro atoms. The minimum Gasteiger partial charge on any atom is -0.743 e. The number of piperazine rings is 1. The van der Waals surface area contributed by atoms with E-state index in [1.807, 2.05) is 0 Å². The lowest BCUT2D eigenvalue weighted by molar-refractivity contribution is -0.351. The van der Waals surface area contributed by atoms with Crippen LogP contribution in [0.1, 0.15) is 52.4 Å². The van der Waals surface area contributed by atoms with Gasteiger partial charge in [0.1, 0.15) is 0 Å². The van der Waals surface area contributed by atoms with Crippen LogP contribution in [0.3, 0.4) is 0 Å². The van der Waals surface area contributed by atoms with E-state index >= 15 is 0 Å². The second-order valence-corrected chi connectivity index (χ2v) is 17.3. The van der Waals surface area contributed by atoms with Crippen molar-refractivity contribution in [1.82, 2.24) is 15.1 Å². The Bertz CT molecular complexity index is 1890. The van der Waals surface area contributed by atoms with E-state index in [4.69, 9.17) is 4.74 Å². The van der Waals surface area contributed by atoms with Crippen molar-refractivity contribution in [3.8, 4) is 0 Å². The van der Waals surface area contributed by atoms with Gasteiger partial charge < -0.3 is 47.9 Å². The zero-order valence-electron chi connectivity index (χ0n) is 35.4. The van der Waals surface area contributed by atoms with E-state index in [9.17, 15) is 107 Å². The quantitative estimate of drug-likeness (QED) is 0.0403. The third kappa shape index (κ3) is 15.0. The van der Waals surface area contributed by atoms with Crippen molar-refractivity contribution >= 4 is 44.0 Å². The number of ether oxygens (including phenoxy) is 5. The monoisotopic (exact) mass is 1060 g/mol. The summed E-state index contributed by atoms with van der Waals surface area (Å²) in [7, 11) is -13.5. The molecule has 18 nitrogen and oxygen atoms in total. The van der Waals surface area contributed by atoms with Crippen molar-refractivity contribution in [1.29, 1.82) is 0 Å². The minimum absolute atomic E-state index is 0.111. The third-order valence-electron chi connectivity index (χ3n) is 9.04. The van der Waals surface area contributed by atoms with Crippen LogP contribution < -0.4 is 5.32 Å². The van der Waals surface area contributed by atoms with Crippen LogP contribution in [0.4, 0.5) is 61.5 Å². The topological polar surface area (TPSA) is 247 Å². The van der Waals surface area contributed by atoms with Crippen molar-refractivity contribution < 1.29 is 130 Å². The lowest BCUT2D eigenvalue weighted by atomic mass is 10.1. The van der Waals surface area contributed by atoms with Crippen LogP contribution in [-0.2, 0) is 63.1 Å². The molecule has 1 N–H and O–H groups in total. The molecule has 2 aliphatic heterocycles. The van der Waals surface area contributed by atoms with Crippen LogP contribution in [0.5, 0.6) is 0 Å².